The van der Waals surface area contributed by atoms with Crippen LogP contribution in [0, 0.1) is 6.92 Å². The summed E-state index contributed by atoms with van der Waals surface area (Å²) in [7, 11) is 3.41. The molecule has 118 valence electrons. The number of hydrogen-bond acceptors (Lipinski definition) is 6. The van der Waals surface area contributed by atoms with E-state index in [-0.39, 0.29) is 5.97 Å². The largest absolute Gasteiger partial charge is 0.481 e. The normalized spacial score (nSPS) is 17.5. The Morgan fingerprint density at radius 2 is 2.10 bits per heavy atom. The molecule has 1 fully saturated rings. The quantitative estimate of drug-likeness (QED) is 0.786. The van der Waals surface area contributed by atoms with E-state index in [1.165, 1.54) is 0 Å². The summed E-state index contributed by atoms with van der Waals surface area (Å²) < 4.78 is 12.4. The number of esters is 1. The van der Waals surface area contributed by atoms with Crippen molar-refractivity contribution in [1.82, 2.24) is 20.0 Å². The summed E-state index contributed by atoms with van der Waals surface area (Å²) in [5.41, 5.74) is 1.60. The summed E-state index contributed by atoms with van der Waals surface area (Å²) in [6.45, 7) is 7.38. The zero-order valence-electron chi connectivity index (χ0n) is 13.2. The molecule has 1 aliphatic rings. The lowest BCUT2D eigenvalue weighted by atomic mass is 10.0. The van der Waals surface area contributed by atoms with Crippen LogP contribution in [0.15, 0.2) is 0 Å². The Labute approximate surface area is 125 Å². The number of ether oxygens (including phenoxy) is 2. The topological polar surface area (TPSA) is 68.6 Å². The van der Waals surface area contributed by atoms with E-state index in [1.54, 1.807) is 11.8 Å². The smallest absolute Gasteiger partial charge is 0.328 e. The molecule has 21 heavy (non-hydrogen) atoms. The third-order valence-electron chi connectivity index (χ3n) is 3.71. The van der Waals surface area contributed by atoms with E-state index in [0.717, 1.165) is 37.4 Å². The van der Waals surface area contributed by atoms with Crippen LogP contribution in [0.5, 0.6) is 5.88 Å². The molecule has 1 aromatic heterocycles. The first-order valence-electron chi connectivity index (χ1n) is 7.29. The Kier molecular flexibility index (Phi) is 5.19. The number of carbonyl (C=O) groups is 1. The van der Waals surface area contributed by atoms with Crippen LogP contribution < -0.4 is 10.1 Å². The van der Waals surface area contributed by atoms with Crippen molar-refractivity contribution in [2.75, 3.05) is 39.9 Å². The predicted molar refractivity (Wildman–Crippen MR) is 78.3 cm³/mol. The first-order valence-corrected chi connectivity index (χ1v) is 7.29. The molecule has 7 nitrogen and oxygen atoms in total. The molecule has 1 aromatic rings. The van der Waals surface area contributed by atoms with Crippen LogP contribution in [0.3, 0.4) is 0 Å². The molecule has 7 heteroatoms. The van der Waals surface area contributed by atoms with Gasteiger partial charge in [-0.1, -0.05) is 0 Å². The van der Waals surface area contributed by atoms with Crippen molar-refractivity contribution in [2.24, 2.45) is 7.05 Å². The van der Waals surface area contributed by atoms with Crippen molar-refractivity contribution < 1.29 is 14.3 Å². The zero-order valence-corrected chi connectivity index (χ0v) is 13.2. The highest BCUT2D eigenvalue weighted by molar-refractivity contribution is 5.79. The molecule has 0 aromatic carbocycles. The Bertz CT molecular complexity index is 495. The van der Waals surface area contributed by atoms with Gasteiger partial charge in [-0.05, 0) is 13.8 Å². The molecule has 0 radical (unpaired) electrons. The van der Waals surface area contributed by atoms with Gasteiger partial charge < -0.3 is 14.8 Å². The van der Waals surface area contributed by atoms with Crippen LogP contribution in [-0.4, -0.2) is 60.5 Å². The van der Waals surface area contributed by atoms with Crippen LogP contribution >= 0.6 is 0 Å². The van der Waals surface area contributed by atoms with Crippen LogP contribution in [0.4, 0.5) is 0 Å². The summed E-state index contributed by atoms with van der Waals surface area (Å²) in [6.07, 6.45) is 0. The van der Waals surface area contributed by atoms with Gasteiger partial charge in [-0.2, -0.15) is 5.10 Å². The molecule has 0 bridgehead atoms. The minimum absolute atomic E-state index is 0.242. The lowest BCUT2D eigenvalue weighted by molar-refractivity contribution is -0.150. The number of piperazine rings is 1. The third-order valence-corrected chi connectivity index (χ3v) is 3.71. The number of aryl methyl sites for hydroxylation is 2. The molecule has 0 aliphatic carbocycles. The van der Waals surface area contributed by atoms with Gasteiger partial charge in [0.25, 0.3) is 0 Å². The lowest BCUT2D eigenvalue weighted by Gasteiger charge is -2.33. The predicted octanol–water partition coefficient (Wildman–Crippen LogP) is 0.247. The highest BCUT2D eigenvalue weighted by Gasteiger charge is 2.35. The van der Waals surface area contributed by atoms with E-state index < -0.39 is 6.04 Å². The van der Waals surface area contributed by atoms with Gasteiger partial charge >= 0.3 is 5.97 Å². The average molecular weight is 296 g/mol. The number of aromatic nitrogens is 2. The highest BCUT2D eigenvalue weighted by Crippen LogP contribution is 2.33. The van der Waals surface area contributed by atoms with Gasteiger partial charge in [-0.15, -0.1) is 0 Å². The number of nitrogens with zero attached hydrogens (tertiary/aromatic N) is 3. The molecule has 0 saturated carbocycles. The van der Waals surface area contributed by atoms with Crippen LogP contribution in [0.1, 0.15) is 24.2 Å². The Morgan fingerprint density at radius 3 is 2.67 bits per heavy atom. The first kappa shape index (κ1) is 15.8. The molecule has 0 amide bonds. The number of carbonyl (C=O) groups excluding carboxylic acids is 1. The summed E-state index contributed by atoms with van der Waals surface area (Å²) >= 11 is 0. The molecule has 1 aliphatic heterocycles. The van der Waals surface area contributed by atoms with Gasteiger partial charge in [-0.25, -0.2) is 9.48 Å². The molecule has 1 unspecified atom stereocenters. The minimum atomic E-state index is -0.462. The lowest BCUT2D eigenvalue weighted by Crippen LogP contribution is -2.47. The van der Waals surface area contributed by atoms with Crippen molar-refractivity contribution in [2.45, 2.75) is 19.9 Å². The molecule has 1 saturated heterocycles. The minimum Gasteiger partial charge on any atom is -0.481 e. The molecular formula is C14H24N4O3. The summed E-state index contributed by atoms with van der Waals surface area (Å²) in [5.74, 6) is 0.373. The first-order chi connectivity index (χ1) is 10.1. The van der Waals surface area contributed by atoms with Gasteiger partial charge in [0.15, 0.2) is 0 Å². The molecular weight excluding hydrogens is 272 g/mol. The summed E-state index contributed by atoms with van der Waals surface area (Å²) in [4.78, 5) is 14.6. The fraction of sp³-hybridized carbons (Fsp3) is 0.714. The van der Waals surface area contributed by atoms with Crippen molar-refractivity contribution in [3.8, 4) is 5.88 Å². The van der Waals surface area contributed by atoms with E-state index >= 15 is 0 Å². The number of rotatable bonds is 5. The maximum atomic E-state index is 12.5. The average Bonchev–Trinajstić information content (AvgIpc) is 2.75. The van der Waals surface area contributed by atoms with Crippen LogP contribution in [0.25, 0.3) is 0 Å². The standard InChI is InChI=1S/C14H24N4O3/c1-5-21-14(19)12(18-8-6-15-7-9-18)11-10(2)16-17(3)13(11)20-4/h12,15H,5-9H2,1-4H3. The van der Waals surface area contributed by atoms with Gasteiger partial charge in [0.1, 0.15) is 6.04 Å². The SMILES string of the molecule is CCOC(=O)C(c1c(C)nn(C)c1OC)N1CCNCC1. The van der Waals surface area contributed by atoms with E-state index in [4.69, 9.17) is 9.47 Å². The Morgan fingerprint density at radius 1 is 1.43 bits per heavy atom. The second-order valence-electron chi connectivity index (χ2n) is 5.07. The fourth-order valence-electron chi connectivity index (χ4n) is 2.82. The number of nitrogens with one attached hydrogen (secondary N) is 1. The fourth-order valence-corrected chi connectivity index (χ4v) is 2.82. The Balaban J connectivity index is 2.41. The number of methoxy groups -OCH3 is 1. The summed E-state index contributed by atoms with van der Waals surface area (Å²) in [5, 5.41) is 7.68. The van der Waals surface area contributed by atoms with Gasteiger partial charge in [0.2, 0.25) is 5.88 Å². The monoisotopic (exact) mass is 296 g/mol. The molecule has 1 atom stereocenters. The molecule has 2 heterocycles. The van der Waals surface area contributed by atoms with E-state index in [1.807, 2.05) is 20.9 Å². The van der Waals surface area contributed by atoms with Gasteiger partial charge in [0.05, 0.1) is 25.0 Å². The van der Waals surface area contributed by atoms with Crippen molar-refractivity contribution in [3.05, 3.63) is 11.3 Å². The van der Waals surface area contributed by atoms with Crippen LogP contribution in [0.2, 0.25) is 0 Å². The van der Waals surface area contributed by atoms with E-state index in [0.29, 0.717) is 12.5 Å². The van der Waals surface area contributed by atoms with Crippen molar-refractivity contribution in [3.63, 3.8) is 0 Å². The maximum Gasteiger partial charge on any atom is 0.328 e. The van der Waals surface area contributed by atoms with Crippen molar-refractivity contribution in [1.29, 1.82) is 0 Å². The molecule has 1 N–H and O–H groups in total. The van der Waals surface area contributed by atoms with Crippen LogP contribution in [-0.2, 0) is 16.6 Å². The Hall–Kier alpha value is -1.60. The molecule has 0 spiro atoms. The maximum absolute atomic E-state index is 12.5. The van der Waals surface area contributed by atoms with Gasteiger partial charge in [-0.3, -0.25) is 4.90 Å². The van der Waals surface area contributed by atoms with Gasteiger partial charge in [0, 0.05) is 33.2 Å². The van der Waals surface area contributed by atoms with E-state index in [2.05, 4.69) is 15.3 Å². The second-order valence-corrected chi connectivity index (χ2v) is 5.07. The zero-order chi connectivity index (χ0) is 15.4. The molecule has 2 rings (SSSR count). The number of hydrogen-bond donors (Lipinski definition) is 1. The highest BCUT2D eigenvalue weighted by atomic mass is 16.5. The third kappa shape index (κ3) is 3.19. The summed E-state index contributed by atoms with van der Waals surface area (Å²) in [6, 6.07) is -0.462. The second kappa shape index (κ2) is 6.91. The van der Waals surface area contributed by atoms with E-state index in [9.17, 15) is 4.79 Å². The van der Waals surface area contributed by atoms with Crippen molar-refractivity contribution >= 4 is 5.97 Å².